The Morgan fingerprint density at radius 2 is 1.82 bits per heavy atom. The van der Waals surface area contributed by atoms with Gasteiger partial charge in [-0.15, -0.1) is 0 Å². The van der Waals surface area contributed by atoms with Gasteiger partial charge in [0, 0.05) is 47.8 Å². The number of ether oxygens (including phenoxy) is 1. The third kappa shape index (κ3) is 5.51. The number of aliphatic hydroxyl groups is 1. The van der Waals surface area contributed by atoms with Crippen molar-refractivity contribution in [3.8, 4) is 0 Å². The largest absolute Gasteiger partial charge is 0.394 e. The van der Waals surface area contributed by atoms with Gasteiger partial charge in [0.15, 0.2) is 5.60 Å². The molecular formula is C37H41FN4O7Si. The number of hydrogen-bond acceptors (Lipinski definition) is 7. The molecule has 4 aliphatic heterocycles. The van der Waals surface area contributed by atoms with E-state index in [9.17, 15) is 29.6 Å². The summed E-state index contributed by atoms with van der Waals surface area (Å²) in [5, 5.41) is 21.8. The number of aliphatic hydroxyl groups excluding tert-OH is 1. The van der Waals surface area contributed by atoms with Crippen LogP contribution in [0.4, 0.5) is 26.9 Å². The Balaban J connectivity index is 1.23. The molecule has 7 rings (SSSR count). The van der Waals surface area contributed by atoms with Gasteiger partial charge < -0.3 is 23.8 Å². The molecule has 4 aliphatic rings. The first kappa shape index (κ1) is 34.0. The molecule has 5 atom stereocenters. The maximum absolute atomic E-state index is 16.3. The van der Waals surface area contributed by atoms with Gasteiger partial charge in [0.25, 0.3) is 11.6 Å². The number of carbonyl (C=O) groups excluding carboxylic acids is 3. The van der Waals surface area contributed by atoms with Crippen LogP contribution in [0.25, 0.3) is 0 Å². The van der Waals surface area contributed by atoms with Gasteiger partial charge in [-0.3, -0.25) is 29.4 Å². The second-order valence-electron chi connectivity index (χ2n) is 14.4. The number of fused-ring (bicyclic) bond motifs is 3. The zero-order valence-corrected chi connectivity index (χ0v) is 29.4. The highest BCUT2D eigenvalue weighted by Crippen LogP contribution is 2.60. The lowest BCUT2D eigenvalue weighted by Crippen LogP contribution is -2.45. The van der Waals surface area contributed by atoms with Crippen molar-refractivity contribution in [2.75, 3.05) is 23.0 Å². The number of nitro benzene ring substituents is 1. The average molecular weight is 701 g/mol. The minimum Gasteiger partial charge on any atom is -0.394 e. The van der Waals surface area contributed by atoms with Crippen LogP contribution in [0.2, 0.25) is 18.6 Å². The first-order valence-electron chi connectivity index (χ1n) is 17.2. The summed E-state index contributed by atoms with van der Waals surface area (Å²) in [5.74, 6) is -1.47. The zero-order chi connectivity index (χ0) is 35.5. The third-order valence-electron chi connectivity index (χ3n) is 11.1. The van der Waals surface area contributed by atoms with Gasteiger partial charge >= 0.3 is 0 Å². The summed E-state index contributed by atoms with van der Waals surface area (Å²) in [6, 6.07) is 19.1. The van der Waals surface area contributed by atoms with E-state index in [4.69, 9.17) is 4.74 Å². The molecule has 50 heavy (non-hydrogen) atoms. The van der Waals surface area contributed by atoms with E-state index in [-0.39, 0.29) is 43.1 Å². The fraction of sp³-hybridized carbons (Fsp3) is 0.432. The maximum atomic E-state index is 16.3. The van der Waals surface area contributed by atoms with E-state index >= 15 is 4.11 Å². The topological polar surface area (TPSA) is 134 Å². The van der Waals surface area contributed by atoms with Gasteiger partial charge in [-0.05, 0) is 67.7 Å². The van der Waals surface area contributed by atoms with E-state index in [1.807, 2.05) is 48.5 Å². The first-order valence-corrected chi connectivity index (χ1v) is 20.2. The number of nitrogens with zero attached hydrogens (tertiary/aromatic N) is 4. The van der Waals surface area contributed by atoms with Crippen molar-refractivity contribution >= 4 is 48.9 Å². The molecule has 2 saturated heterocycles. The summed E-state index contributed by atoms with van der Waals surface area (Å²) in [6.07, 6.45) is 1.40. The van der Waals surface area contributed by atoms with Gasteiger partial charge in [0.1, 0.15) is 0 Å². The van der Waals surface area contributed by atoms with Gasteiger partial charge in [-0.25, -0.2) is 0 Å². The molecule has 262 valence electrons. The number of nitro groups is 1. The summed E-state index contributed by atoms with van der Waals surface area (Å²) >= 11 is 0. The highest BCUT2D eigenvalue weighted by molar-refractivity contribution is 6.72. The van der Waals surface area contributed by atoms with Crippen LogP contribution in [-0.4, -0.2) is 66.4 Å². The summed E-state index contributed by atoms with van der Waals surface area (Å²) < 4.78 is 23.0. The summed E-state index contributed by atoms with van der Waals surface area (Å²) in [6.45, 7) is 5.25. The number of likely N-dealkylation sites (tertiary alicyclic amines) is 1. The van der Waals surface area contributed by atoms with Crippen LogP contribution >= 0.6 is 0 Å². The summed E-state index contributed by atoms with van der Waals surface area (Å²) in [4.78, 5) is 57.6. The van der Waals surface area contributed by atoms with Crippen LogP contribution < -0.4 is 9.80 Å². The second kappa shape index (κ2) is 12.7. The molecule has 0 saturated carbocycles. The summed E-state index contributed by atoms with van der Waals surface area (Å²) in [7, 11) is -3.59. The SMILES string of the molecule is C[C@@H]1[C@@H]([Si](C)(C)F)[C@H](CC(=O)N2CCC[C@H]2CO)O[C@@]12C(=O)N(Cc1ccc(N3C(=O)CCc4ccccc43)cc1)c1ccc([N+](=O)[O-])cc12. The fourth-order valence-corrected chi connectivity index (χ4v) is 11.3. The van der Waals surface area contributed by atoms with Crippen LogP contribution in [0, 0.1) is 16.0 Å². The molecule has 13 heteroatoms. The van der Waals surface area contributed by atoms with E-state index in [1.54, 1.807) is 29.8 Å². The van der Waals surface area contributed by atoms with Gasteiger partial charge in [0.2, 0.25) is 20.2 Å². The van der Waals surface area contributed by atoms with Crippen LogP contribution in [0.3, 0.4) is 0 Å². The lowest BCUT2D eigenvalue weighted by Gasteiger charge is -2.31. The van der Waals surface area contributed by atoms with E-state index < -0.39 is 42.4 Å². The molecule has 11 nitrogen and oxygen atoms in total. The minimum absolute atomic E-state index is 0.00505. The number of benzene rings is 3. The number of hydrogen-bond donors (Lipinski definition) is 1. The number of carbonyl (C=O) groups is 3. The molecule has 0 radical (unpaired) electrons. The van der Waals surface area contributed by atoms with Gasteiger partial charge in [-0.1, -0.05) is 37.3 Å². The molecule has 2 fully saturated rings. The van der Waals surface area contributed by atoms with Crippen molar-refractivity contribution in [2.24, 2.45) is 5.92 Å². The van der Waals surface area contributed by atoms with E-state index in [0.717, 1.165) is 23.2 Å². The molecule has 0 unspecified atom stereocenters. The molecule has 4 heterocycles. The number of anilines is 3. The predicted molar refractivity (Wildman–Crippen MR) is 187 cm³/mol. The highest BCUT2D eigenvalue weighted by atomic mass is 28.4. The molecule has 0 aliphatic carbocycles. The van der Waals surface area contributed by atoms with Gasteiger partial charge in [0.05, 0.1) is 48.0 Å². The Labute approximate surface area is 291 Å². The van der Waals surface area contributed by atoms with Gasteiger partial charge in [-0.2, -0.15) is 0 Å². The number of aryl methyl sites for hydroxylation is 1. The van der Waals surface area contributed by atoms with Crippen LogP contribution in [0.15, 0.2) is 66.7 Å². The van der Waals surface area contributed by atoms with E-state index in [2.05, 4.69) is 0 Å². The molecule has 0 aromatic heterocycles. The van der Waals surface area contributed by atoms with Crippen LogP contribution in [0.5, 0.6) is 0 Å². The van der Waals surface area contributed by atoms with Crippen molar-refractivity contribution in [1.29, 1.82) is 0 Å². The highest BCUT2D eigenvalue weighted by Gasteiger charge is 2.67. The Hall–Kier alpha value is -4.46. The van der Waals surface area contributed by atoms with Crippen molar-refractivity contribution in [3.63, 3.8) is 0 Å². The fourth-order valence-electron chi connectivity index (χ4n) is 8.79. The predicted octanol–water partition coefficient (Wildman–Crippen LogP) is 5.90. The average Bonchev–Trinajstić information content (AvgIpc) is 3.75. The number of halogens is 1. The minimum atomic E-state index is -3.59. The Kier molecular flexibility index (Phi) is 8.64. The second-order valence-corrected chi connectivity index (χ2v) is 18.2. The standard InChI is InChI=1S/C37H41FN4O7Si/c1-23-35(50(2,3)38)32(20-34(45)39-18-6-8-28(39)22-43)49-37(23)29-19-27(42(47)48)15-16-31(29)40(36(37)46)21-24-10-13-26(14-11-24)41-30-9-5-4-7-25(30)12-17-33(41)44/h4-5,7,9-11,13-16,19,23,28,32,35,43H,6,8,12,17-18,20-22H2,1-3H3/t23-,28+,32+,35-,37+/m1/s1. The zero-order valence-electron chi connectivity index (χ0n) is 28.4. The molecule has 3 amide bonds. The molecule has 1 N–H and O–H groups in total. The first-order chi connectivity index (χ1) is 23.8. The number of amides is 3. The summed E-state index contributed by atoms with van der Waals surface area (Å²) in [5.41, 5.74) is 1.39. The quantitative estimate of drug-likeness (QED) is 0.134. The Morgan fingerprint density at radius 3 is 2.52 bits per heavy atom. The lowest BCUT2D eigenvalue weighted by molar-refractivity contribution is -0.385. The van der Waals surface area contributed by atoms with Crippen molar-refractivity contribution in [1.82, 2.24) is 4.90 Å². The monoisotopic (exact) mass is 700 g/mol. The van der Waals surface area contributed by atoms with Crippen LogP contribution in [-0.2, 0) is 37.7 Å². The molecule has 3 aromatic carbocycles. The molecular weight excluding hydrogens is 660 g/mol. The Morgan fingerprint density at radius 1 is 1.08 bits per heavy atom. The van der Waals surface area contributed by atoms with Crippen molar-refractivity contribution < 1.29 is 33.3 Å². The van der Waals surface area contributed by atoms with Crippen LogP contribution in [0.1, 0.15) is 49.3 Å². The number of non-ortho nitro benzene ring substituents is 1. The smallest absolute Gasteiger partial charge is 0.269 e. The normalized spacial score (nSPS) is 26.1. The maximum Gasteiger partial charge on any atom is 0.269 e. The molecule has 3 aromatic rings. The molecule has 0 bridgehead atoms. The number of para-hydroxylation sites is 1. The Bertz CT molecular complexity index is 1870. The van der Waals surface area contributed by atoms with Crippen molar-refractivity contribution in [2.45, 2.75) is 82.0 Å². The number of rotatable bonds is 8. The van der Waals surface area contributed by atoms with Crippen molar-refractivity contribution in [3.05, 3.63) is 93.5 Å². The van der Waals surface area contributed by atoms with E-state index in [1.165, 1.54) is 23.1 Å². The molecule has 1 spiro atoms. The third-order valence-corrected chi connectivity index (χ3v) is 13.5. The lowest BCUT2D eigenvalue weighted by atomic mass is 9.82. The van der Waals surface area contributed by atoms with E-state index in [0.29, 0.717) is 42.7 Å².